The van der Waals surface area contributed by atoms with E-state index in [1.165, 1.54) is 18.0 Å². The Kier molecular flexibility index (Phi) is 6.53. The Morgan fingerprint density at radius 3 is 2.64 bits per heavy atom. The topological polar surface area (TPSA) is 45.2 Å². The van der Waals surface area contributed by atoms with Crippen molar-refractivity contribution in [3.05, 3.63) is 22.8 Å². The molecule has 1 N–H and O–H groups in total. The average molecular weight is 334 g/mol. The van der Waals surface area contributed by atoms with Crippen molar-refractivity contribution in [1.29, 1.82) is 0 Å². The molecule has 2 rings (SSSR count). The summed E-state index contributed by atoms with van der Waals surface area (Å²) in [7, 11) is 0. The Morgan fingerprint density at radius 1 is 1.50 bits per heavy atom. The summed E-state index contributed by atoms with van der Waals surface area (Å²) in [5.41, 5.74) is 0.772. The lowest BCUT2D eigenvalue weighted by Crippen LogP contribution is -2.55. The zero-order chi connectivity index (χ0) is 16.9. The van der Waals surface area contributed by atoms with E-state index in [1.54, 1.807) is 13.0 Å². The number of halogens is 3. The Hall–Kier alpha value is -1.43. The molecule has 0 bridgehead atoms. The van der Waals surface area contributed by atoms with Gasteiger partial charge in [-0.25, -0.2) is 13.8 Å². The number of nitrogens with one attached hydrogen (secondary N) is 1. The second-order valence-electron chi connectivity index (χ2n) is 5.01. The Balaban J connectivity index is 0.00000116. The van der Waals surface area contributed by atoms with Gasteiger partial charge in [-0.2, -0.15) is 0 Å². The molecule has 124 valence electrons. The van der Waals surface area contributed by atoms with Crippen LogP contribution in [-0.4, -0.2) is 40.8 Å². The van der Waals surface area contributed by atoms with E-state index in [4.69, 9.17) is 11.6 Å². The molecule has 4 nitrogen and oxygen atoms in total. The molecule has 1 aromatic rings. The molecule has 0 aliphatic carbocycles. The fourth-order valence-corrected chi connectivity index (χ4v) is 2.29. The molecule has 2 heterocycles. The number of hydrogen-bond acceptors (Lipinski definition) is 3. The van der Waals surface area contributed by atoms with Gasteiger partial charge < -0.3 is 10.2 Å². The Bertz CT molecular complexity index is 526. The average Bonchev–Trinajstić information content (AvgIpc) is 2.46. The number of hydrogen-bond donors (Lipinski definition) is 1. The lowest BCUT2D eigenvalue weighted by Gasteiger charge is -2.38. The van der Waals surface area contributed by atoms with Crippen molar-refractivity contribution in [3.8, 4) is 0 Å². The van der Waals surface area contributed by atoms with Crippen molar-refractivity contribution in [2.24, 2.45) is 0 Å². The number of nitrogens with zero attached hydrogens (tertiary/aromatic N) is 2. The monoisotopic (exact) mass is 333 g/mol. The van der Waals surface area contributed by atoms with E-state index in [1.807, 2.05) is 13.8 Å². The third-order valence-electron chi connectivity index (χ3n) is 3.41. The Morgan fingerprint density at radius 2 is 2.14 bits per heavy atom. The summed E-state index contributed by atoms with van der Waals surface area (Å²) in [5, 5.41) is 3.24. The predicted octanol–water partition coefficient (Wildman–Crippen LogP) is 3.74. The highest BCUT2D eigenvalue weighted by Crippen LogP contribution is 2.30. The summed E-state index contributed by atoms with van der Waals surface area (Å²) in [6, 6.07) is 0.599. The van der Waals surface area contributed by atoms with Gasteiger partial charge >= 0.3 is 0 Å². The molecule has 1 aliphatic heterocycles. The third kappa shape index (κ3) is 4.53. The molecule has 0 radical (unpaired) electrons. The predicted molar refractivity (Wildman–Crippen MR) is 84.6 cm³/mol. The van der Waals surface area contributed by atoms with Crippen molar-refractivity contribution >= 4 is 23.3 Å². The molecule has 0 aromatic carbocycles. The van der Waals surface area contributed by atoms with E-state index in [2.05, 4.69) is 10.3 Å². The zero-order valence-electron chi connectivity index (χ0n) is 13.3. The summed E-state index contributed by atoms with van der Waals surface area (Å²) in [6.07, 6.45) is 1.61. The molecule has 1 fully saturated rings. The molecule has 0 spiro atoms. The molecule has 7 heteroatoms. The van der Waals surface area contributed by atoms with Crippen molar-refractivity contribution in [2.75, 3.05) is 18.4 Å². The minimum absolute atomic E-state index is 0.177. The second-order valence-corrected chi connectivity index (χ2v) is 5.41. The van der Waals surface area contributed by atoms with Gasteiger partial charge in [-0.1, -0.05) is 25.4 Å². The van der Waals surface area contributed by atoms with Crippen LogP contribution in [-0.2, 0) is 4.79 Å². The smallest absolute Gasteiger partial charge is 0.285 e. The van der Waals surface area contributed by atoms with Crippen molar-refractivity contribution in [2.45, 2.75) is 46.1 Å². The van der Waals surface area contributed by atoms with E-state index in [-0.39, 0.29) is 12.3 Å². The van der Waals surface area contributed by atoms with E-state index in [0.29, 0.717) is 17.4 Å². The quantitative estimate of drug-likeness (QED) is 0.896. The second kappa shape index (κ2) is 7.72. The van der Waals surface area contributed by atoms with Crippen LogP contribution >= 0.6 is 11.6 Å². The lowest BCUT2D eigenvalue weighted by atomic mass is 10.0. The molecule has 1 saturated heterocycles. The van der Waals surface area contributed by atoms with Crippen LogP contribution in [0.25, 0.3) is 0 Å². The van der Waals surface area contributed by atoms with Gasteiger partial charge in [0.1, 0.15) is 5.82 Å². The summed E-state index contributed by atoms with van der Waals surface area (Å²) in [5.74, 6) is -2.95. The first-order valence-corrected chi connectivity index (χ1v) is 7.69. The summed E-state index contributed by atoms with van der Waals surface area (Å²) in [4.78, 5) is 16.3. The molecule has 1 amide bonds. The van der Waals surface area contributed by atoms with Gasteiger partial charge in [-0.15, -0.1) is 0 Å². The zero-order valence-corrected chi connectivity index (χ0v) is 14.0. The number of anilines is 1. The van der Waals surface area contributed by atoms with Crippen LogP contribution < -0.4 is 5.32 Å². The molecule has 1 unspecified atom stereocenters. The van der Waals surface area contributed by atoms with Gasteiger partial charge in [-0.05, 0) is 25.0 Å². The number of pyridine rings is 1. The maximum absolute atomic E-state index is 14.0. The van der Waals surface area contributed by atoms with Gasteiger partial charge in [0.25, 0.3) is 5.92 Å². The van der Waals surface area contributed by atoms with Gasteiger partial charge in [0.05, 0.1) is 17.6 Å². The maximum atomic E-state index is 14.0. The van der Waals surface area contributed by atoms with E-state index >= 15 is 0 Å². The normalized spacial score (nSPS) is 20.0. The lowest BCUT2D eigenvalue weighted by molar-refractivity contribution is -0.140. The number of aromatic nitrogens is 1. The number of amides is 1. The number of likely N-dealkylation sites (tertiary alicyclic amines) is 1. The van der Waals surface area contributed by atoms with Crippen LogP contribution in [0.5, 0.6) is 0 Å². The van der Waals surface area contributed by atoms with Crippen LogP contribution in [0.1, 0.15) is 32.8 Å². The van der Waals surface area contributed by atoms with Crippen LogP contribution in [0.15, 0.2) is 12.3 Å². The van der Waals surface area contributed by atoms with E-state index < -0.39 is 18.5 Å². The number of piperidine rings is 1. The van der Waals surface area contributed by atoms with Gasteiger partial charge in [0, 0.05) is 19.7 Å². The Labute approximate surface area is 134 Å². The standard InChI is InChI=1S/C13H16ClF2N3O.C2H6/c1-8-5-12(17-6-10(8)14)18-11-3-4-19(9(2)20)7-13(11,15)16;1-2/h5-6,11H,3-4,7H2,1-2H3,(H,17,18);1-2H3. The number of alkyl halides is 2. The van der Waals surface area contributed by atoms with Crippen molar-refractivity contribution < 1.29 is 13.6 Å². The summed E-state index contributed by atoms with van der Waals surface area (Å²) in [6.45, 7) is 6.83. The molecular formula is C15H22ClF2N3O. The fraction of sp³-hybridized carbons (Fsp3) is 0.600. The molecule has 22 heavy (non-hydrogen) atoms. The highest BCUT2D eigenvalue weighted by atomic mass is 35.5. The van der Waals surface area contributed by atoms with Crippen LogP contribution in [0.2, 0.25) is 5.02 Å². The molecular weight excluding hydrogens is 312 g/mol. The van der Waals surface area contributed by atoms with E-state index in [0.717, 1.165) is 5.56 Å². The highest BCUT2D eigenvalue weighted by molar-refractivity contribution is 6.31. The van der Waals surface area contributed by atoms with Crippen LogP contribution in [0.3, 0.4) is 0 Å². The fourth-order valence-electron chi connectivity index (χ4n) is 2.18. The summed E-state index contributed by atoms with van der Waals surface area (Å²) < 4.78 is 28.1. The third-order valence-corrected chi connectivity index (χ3v) is 3.81. The van der Waals surface area contributed by atoms with E-state index in [9.17, 15) is 13.6 Å². The molecule has 1 aromatic heterocycles. The van der Waals surface area contributed by atoms with Gasteiger partial charge in [0.15, 0.2) is 0 Å². The first-order chi connectivity index (χ1) is 10.3. The minimum Gasteiger partial charge on any atom is -0.361 e. The van der Waals surface area contributed by atoms with Gasteiger partial charge in [-0.3, -0.25) is 4.79 Å². The van der Waals surface area contributed by atoms with Gasteiger partial charge in [0.2, 0.25) is 5.91 Å². The van der Waals surface area contributed by atoms with Crippen molar-refractivity contribution in [1.82, 2.24) is 9.88 Å². The molecule has 0 saturated carbocycles. The van der Waals surface area contributed by atoms with Crippen molar-refractivity contribution in [3.63, 3.8) is 0 Å². The summed E-state index contributed by atoms with van der Waals surface area (Å²) >= 11 is 5.85. The van der Waals surface area contributed by atoms with Crippen LogP contribution in [0.4, 0.5) is 14.6 Å². The first kappa shape index (κ1) is 18.6. The molecule has 1 atom stereocenters. The largest absolute Gasteiger partial charge is 0.361 e. The highest BCUT2D eigenvalue weighted by Gasteiger charge is 2.45. The number of rotatable bonds is 2. The number of carbonyl (C=O) groups excluding carboxylic acids is 1. The number of aryl methyl sites for hydroxylation is 1. The van der Waals surface area contributed by atoms with Crippen LogP contribution in [0, 0.1) is 6.92 Å². The number of carbonyl (C=O) groups is 1. The SMILES string of the molecule is CC.CC(=O)N1CCC(Nc2cc(C)c(Cl)cn2)C(F)(F)C1. The minimum atomic E-state index is -2.99. The molecule has 1 aliphatic rings. The first-order valence-electron chi connectivity index (χ1n) is 7.31. The maximum Gasteiger partial charge on any atom is 0.285 e.